The van der Waals surface area contributed by atoms with Crippen LogP contribution in [-0.4, -0.2) is 23.3 Å². The second kappa shape index (κ2) is 11.7. The van der Waals surface area contributed by atoms with Crippen molar-refractivity contribution in [2.45, 2.75) is 83.6 Å². The molecule has 0 N–H and O–H groups in total. The third kappa shape index (κ3) is 10.0. The minimum absolute atomic E-state index is 0.117. The Morgan fingerprint density at radius 1 is 0.909 bits per heavy atom. The monoisotopic (exact) mass is 470 g/mol. The van der Waals surface area contributed by atoms with E-state index in [1.807, 2.05) is 52.0 Å². The van der Waals surface area contributed by atoms with Crippen molar-refractivity contribution < 1.29 is 19.1 Å². The fraction of sp³-hybridized carbons (Fsp3) is 0.500. The normalized spacial score (nSPS) is 12.8. The molecule has 1 unspecified atom stereocenters. The molecular weight excluding hydrogens is 432 g/mol. The molecule has 5 heteroatoms. The molecule has 0 heterocycles. The van der Waals surface area contributed by atoms with Gasteiger partial charge < -0.3 is 9.47 Å². The predicted molar refractivity (Wildman–Crippen MR) is 136 cm³/mol. The van der Waals surface area contributed by atoms with Crippen LogP contribution in [0.3, 0.4) is 0 Å². The van der Waals surface area contributed by atoms with Crippen molar-refractivity contribution in [1.29, 1.82) is 0 Å². The number of thioether (sulfide) groups is 1. The zero-order valence-corrected chi connectivity index (χ0v) is 21.9. The lowest BCUT2D eigenvalue weighted by Gasteiger charge is -2.19. The highest BCUT2D eigenvalue weighted by atomic mass is 32.2. The highest BCUT2D eigenvalue weighted by Crippen LogP contribution is 2.25. The molecule has 0 aliphatic rings. The van der Waals surface area contributed by atoms with E-state index < -0.39 is 5.60 Å². The summed E-state index contributed by atoms with van der Waals surface area (Å²) in [6.07, 6.45) is 1.82. The predicted octanol–water partition coefficient (Wildman–Crippen LogP) is 6.98. The van der Waals surface area contributed by atoms with Crippen molar-refractivity contribution in [3.8, 4) is 5.75 Å². The highest BCUT2D eigenvalue weighted by Gasteiger charge is 2.18. The first kappa shape index (κ1) is 27.0. The quantitative estimate of drug-likeness (QED) is 0.171. The van der Waals surface area contributed by atoms with Gasteiger partial charge in [-0.25, -0.2) is 0 Å². The van der Waals surface area contributed by atoms with Crippen LogP contribution in [0.15, 0.2) is 53.4 Å². The lowest BCUT2D eigenvalue weighted by molar-refractivity contribution is -0.154. The number of hydrogen-bond donors (Lipinski definition) is 0. The minimum Gasteiger partial charge on any atom is -0.460 e. The number of esters is 2. The molecule has 33 heavy (non-hydrogen) atoms. The average molecular weight is 471 g/mol. The van der Waals surface area contributed by atoms with Crippen LogP contribution in [0.1, 0.15) is 72.4 Å². The molecule has 0 aliphatic carbocycles. The van der Waals surface area contributed by atoms with Crippen molar-refractivity contribution in [1.82, 2.24) is 0 Å². The Morgan fingerprint density at radius 3 is 2.06 bits per heavy atom. The first-order valence-corrected chi connectivity index (χ1v) is 12.6. The molecule has 0 radical (unpaired) electrons. The van der Waals surface area contributed by atoms with Gasteiger partial charge in [-0.15, -0.1) is 11.8 Å². The van der Waals surface area contributed by atoms with Crippen LogP contribution in [0.5, 0.6) is 5.75 Å². The molecule has 2 rings (SSSR count). The summed E-state index contributed by atoms with van der Waals surface area (Å²) in [5.41, 5.74) is 2.09. The van der Waals surface area contributed by atoms with Crippen molar-refractivity contribution in [3.63, 3.8) is 0 Å². The van der Waals surface area contributed by atoms with Gasteiger partial charge in [0.1, 0.15) is 11.4 Å². The third-order valence-corrected chi connectivity index (χ3v) is 6.12. The van der Waals surface area contributed by atoms with Gasteiger partial charge in [-0.2, -0.15) is 0 Å². The maximum Gasteiger partial charge on any atom is 0.314 e. The molecule has 0 fully saturated rings. The van der Waals surface area contributed by atoms with Gasteiger partial charge in [0.15, 0.2) is 0 Å². The van der Waals surface area contributed by atoms with E-state index in [-0.39, 0.29) is 23.3 Å². The summed E-state index contributed by atoms with van der Waals surface area (Å²) in [7, 11) is 0. The van der Waals surface area contributed by atoms with E-state index in [1.54, 1.807) is 11.8 Å². The van der Waals surface area contributed by atoms with E-state index in [9.17, 15) is 9.59 Å². The zero-order chi connectivity index (χ0) is 24.6. The first-order chi connectivity index (χ1) is 15.3. The third-order valence-electron chi connectivity index (χ3n) is 5.02. The van der Waals surface area contributed by atoms with Crippen molar-refractivity contribution in [2.24, 2.45) is 5.92 Å². The Labute approximate surface area is 203 Å². The molecule has 0 saturated carbocycles. The summed E-state index contributed by atoms with van der Waals surface area (Å²) in [6, 6.07) is 16.0. The number of rotatable bonds is 9. The molecule has 1 atom stereocenters. The number of benzene rings is 2. The molecule has 0 saturated heterocycles. The molecule has 2 aromatic rings. The molecule has 0 amide bonds. The Kier molecular flexibility index (Phi) is 9.59. The van der Waals surface area contributed by atoms with Gasteiger partial charge in [0.05, 0.1) is 5.92 Å². The van der Waals surface area contributed by atoms with Gasteiger partial charge in [0.25, 0.3) is 0 Å². The summed E-state index contributed by atoms with van der Waals surface area (Å²) in [5.74, 6) is 0.751. The van der Waals surface area contributed by atoms with Gasteiger partial charge in [-0.05, 0) is 80.2 Å². The Morgan fingerprint density at radius 2 is 1.52 bits per heavy atom. The van der Waals surface area contributed by atoms with Gasteiger partial charge in [0.2, 0.25) is 0 Å². The summed E-state index contributed by atoms with van der Waals surface area (Å²) in [4.78, 5) is 25.4. The van der Waals surface area contributed by atoms with Gasteiger partial charge >= 0.3 is 11.9 Å². The molecule has 4 nitrogen and oxygen atoms in total. The molecule has 0 spiro atoms. The lowest BCUT2D eigenvalue weighted by Crippen LogP contribution is -2.23. The highest BCUT2D eigenvalue weighted by molar-refractivity contribution is 7.99. The number of hydrogen-bond acceptors (Lipinski definition) is 5. The summed E-state index contributed by atoms with van der Waals surface area (Å²) in [6.45, 7) is 14.1. The van der Waals surface area contributed by atoms with E-state index in [4.69, 9.17) is 9.47 Å². The lowest BCUT2D eigenvalue weighted by atomic mass is 9.86. The second-order valence-corrected chi connectivity index (χ2v) is 11.7. The molecule has 0 bridgehead atoms. The standard InChI is InChI=1S/C28H38O4S/c1-20(19-21-10-12-22(13-11-21)27(2,3)4)26(30)31-23-14-16-24(17-15-23)33-18-8-9-25(29)32-28(5,6)7/h10-17,20H,8-9,18-19H2,1-7H3. The van der Waals surface area contributed by atoms with Crippen LogP contribution in [0.2, 0.25) is 0 Å². The van der Waals surface area contributed by atoms with Crippen LogP contribution in [0, 0.1) is 5.92 Å². The maximum atomic E-state index is 12.5. The summed E-state index contributed by atoms with van der Waals surface area (Å²) < 4.78 is 10.9. The number of ether oxygens (including phenoxy) is 2. The van der Waals surface area contributed by atoms with Crippen molar-refractivity contribution >= 4 is 23.7 Å². The SMILES string of the molecule is CC(Cc1ccc(C(C)(C)C)cc1)C(=O)Oc1ccc(SCCCC(=O)OC(C)(C)C)cc1. The van der Waals surface area contributed by atoms with Gasteiger partial charge in [0, 0.05) is 11.3 Å². The summed E-state index contributed by atoms with van der Waals surface area (Å²) >= 11 is 1.67. The van der Waals surface area contributed by atoms with E-state index in [1.165, 1.54) is 5.56 Å². The minimum atomic E-state index is -0.439. The van der Waals surface area contributed by atoms with E-state index >= 15 is 0 Å². The number of carbonyl (C=O) groups is 2. The molecule has 0 aromatic heterocycles. The fourth-order valence-corrected chi connectivity index (χ4v) is 4.05. The Balaban J connectivity index is 1.77. The number of carbonyl (C=O) groups excluding carboxylic acids is 2. The first-order valence-electron chi connectivity index (χ1n) is 11.6. The van der Waals surface area contributed by atoms with Crippen molar-refractivity contribution in [3.05, 3.63) is 59.7 Å². The fourth-order valence-electron chi connectivity index (χ4n) is 3.20. The van der Waals surface area contributed by atoms with E-state index in [2.05, 4.69) is 45.0 Å². The van der Waals surface area contributed by atoms with E-state index in [0.29, 0.717) is 18.6 Å². The van der Waals surface area contributed by atoms with Crippen LogP contribution >= 0.6 is 11.8 Å². The smallest absolute Gasteiger partial charge is 0.314 e. The molecule has 0 aliphatic heterocycles. The average Bonchev–Trinajstić information content (AvgIpc) is 2.71. The van der Waals surface area contributed by atoms with Crippen molar-refractivity contribution in [2.75, 3.05) is 5.75 Å². The molecule has 2 aromatic carbocycles. The maximum absolute atomic E-state index is 12.5. The Hall–Kier alpha value is -2.27. The molecular formula is C28H38O4S. The second-order valence-electron chi connectivity index (χ2n) is 10.5. The largest absolute Gasteiger partial charge is 0.460 e. The van der Waals surface area contributed by atoms with Gasteiger partial charge in [-0.1, -0.05) is 52.0 Å². The van der Waals surface area contributed by atoms with Gasteiger partial charge in [-0.3, -0.25) is 9.59 Å². The van der Waals surface area contributed by atoms with Crippen LogP contribution in [-0.2, 0) is 26.2 Å². The zero-order valence-electron chi connectivity index (χ0n) is 21.1. The van der Waals surface area contributed by atoms with Crippen LogP contribution in [0.25, 0.3) is 0 Å². The van der Waals surface area contributed by atoms with Crippen LogP contribution < -0.4 is 4.74 Å². The van der Waals surface area contributed by atoms with E-state index in [0.717, 1.165) is 22.6 Å². The molecule has 180 valence electrons. The summed E-state index contributed by atoms with van der Waals surface area (Å²) in [5, 5.41) is 0. The Bertz CT molecular complexity index is 903. The van der Waals surface area contributed by atoms with Crippen LogP contribution in [0.4, 0.5) is 0 Å². The topological polar surface area (TPSA) is 52.6 Å².